The molecule has 0 spiro atoms. The van der Waals surface area contributed by atoms with Crippen LogP contribution in [-0.4, -0.2) is 23.1 Å². The van der Waals surface area contributed by atoms with Crippen LogP contribution in [0.4, 0.5) is 0 Å². The molecule has 0 amide bonds. The van der Waals surface area contributed by atoms with E-state index in [1.54, 1.807) is 0 Å². The Morgan fingerprint density at radius 2 is 1.94 bits per heavy atom. The van der Waals surface area contributed by atoms with Gasteiger partial charge in [0, 0.05) is 13.3 Å². The lowest BCUT2D eigenvalue weighted by atomic mass is 10.0. The summed E-state index contributed by atoms with van der Waals surface area (Å²) < 4.78 is 5.07. The monoisotopic (exact) mass is 242 g/mol. The van der Waals surface area contributed by atoms with Crippen LogP contribution in [0.1, 0.15) is 46.5 Å². The third kappa shape index (κ3) is 9.60. The number of hydrogen-bond donors (Lipinski definition) is 1. The van der Waals surface area contributed by atoms with Gasteiger partial charge in [0.1, 0.15) is 6.10 Å². The first-order chi connectivity index (χ1) is 7.93. The second-order valence-electron chi connectivity index (χ2n) is 4.28. The zero-order valence-corrected chi connectivity index (χ0v) is 10.8. The Morgan fingerprint density at radius 1 is 1.29 bits per heavy atom. The molecular weight excluding hydrogens is 220 g/mol. The molecule has 0 aliphatic heterocycles. The van der Waals surface area contributed by atoms with Gasteiger partial charge in [-0.15, -0.1) is 0 Å². The van der Waals surface area contributed by atoms with Gasteiger partial charge < -0.3 is 9.84 Å². The average Bonchev–Trinajstić information content (AvgIpc) is 2.21. The number of carbonyl (C=O) groups is 2. The van der Waals surface area contributed by atoms with Gasteiger partial charge in [-0.05, 0) is 32.1 Å². The predicted octanol–water partition coefficient (Wildman–Crippen LogP) is 2.78. The maximum absolute atomic E-state index is 10.7. The first-order valence-corrected chi connectivity index (χ1v) is 5.97. The summed E-state index contributed by atoms with van der Waals surface area (Å²) >= 11 is 0. The fourth-order valence-corrected chi connectivity index (χ4v) is 1.37. The van der Waals surface area contributed by atoms with E-state index in [-0.39, 0.29) is 24.4 Å². The third-order valence-electron chi connectivity index (χ3n) is 2.59. The van der Waals surface area contributed by atoms with Gasteiger partial charge in [-0.1, -0.05) is 19.1 Å². The standard InChI is InChI=1S/C13H22O4/c1-10(11(2)17-12(3)14)8-6-4-5-7-9-13(15)16/h4,6,10-11H,5,7-9H2,1-3H3,(H,15,16). The Morgan fingerprint density at radius 3 is 2.47 bits per heavy atom. The molecule has 0 radical (unpaired) electrons. The minimum Gasteiger partial charge on any atom is -0.481 e. The number of unbranched alkanes of at least 4 members (excludes halogenated alkanes) is 1. The summed E-state index contributed by atoms with van der Waals surface area (Å²) in [5.41, 5.74) is 0. The maximum Gasteiger partial charge on any atom is 0.303 e. The molecule has 1 N–H and O–H groups in total. The van der Waals surface area contributed by atoms with Gasteiger partial charge in [0.2, 0.25) is 0 Å². The Bertz CT molecular complexity index is 271. The number of ether oxygens (including phenoxy) is 1. The van der Waals surface area contributed by atoms with Crippen molar-refractivity contribution in [3.63, 3.8) is 0 Å². The molecule has 2 unspecified atom stereocenters. The average molecular weight is 242 g/mol. The lowest BCUT2D eigenvalue weighted by molar-refractivity contribution is -0.147. The van der Waals surface area contributed by atoms with Gasteiger partial charge in [-0.2, -0.15) is 0 Å². The molecule has 0 aliphatic rings. The topological polar surface area (TPSA) is 63.6 Å². The summed E-state index contributed by atoms with van der Waals surface area (Å²) in [6.45, 7) is 5.31. The normalized spacial score (nSPS) is 14.5. The lowest BCUT2D eigenvalue weighted by Gasteiger charge is -2.17. The summed E-state index contributed by atoms with van der Waals surface area (Å²) in [7, 11) is 0. The number of rotatable bonds is 8. The summed E-state index contributed by atoms with van der Waals surface area (Å²) in [6.07, 6.45) is 6.41. The van der Waals surface area contributed by atoms with Crippen molar-refractivity contribution in [1.29, 1.82) is 0 Å². The van der Waals surface area contributed by atoms with E-state index in [1.165, 1.54) is 6.92 Å². The molecule has 0 saturated heterocycles. The minimum absolute atomic E-state index is 0.0869. The van der Waals surface area contributed by atoms with Crippen LogP contribution < -0.4 is 0 Å². The summed E-state index contributed by atoms with van der Waals surface area (Å²) in [5, 5.41) is 8.44. The molecule has 0 bridgehead atoms. The van der Waals surface area contributed by atoms with E-state index >= 15 is 0 Å². The van der Waals surface area contributed by atoms with E-state index in [1.807, 2.05) is 26.0 Å². The molecule has 17 heavy (non-hydrogen) atoms. The highest BCUT2D eigenvalue weighted by atomic mass is 16.5. The van der Waals surface area contributed by atoms with Crippen LogP contribution >= 0.6 is 0 Å². The van der Waals surface area contributed by atoms with Crippen molar-refractivity contribution in [2.75, 3.05) is 0 Å². The highest BCUT2D eigenvalue weighted by Gasteiger charge is 2.12. The van der Waals surface area contributed by atoms with Crippen molar-refractivity contribution >= 4 is 11.9 Å². The van der Waals surface area contributed by atoms with Crippen LogP contribution in [0.15, 0.2) is 12.2 Å². The molecule has 0 fully saturated rings. The van der Waals surface area contributed by atoms with Crippen molar-refractivity contribution in [1.82, 2.24) is 0 Å². The number of esters is 1. The van der Waals surface area contributed by atoms with Crippen molar-refractivity contribution in [2.24, 2.45) is 5.92 Å². The first-order valence-electron chi connectivity index (χ1n) is 5.97. The van der Waals surface area contributed by atoms with E-state index in [0.717, 1.165) is 12.8 Å². The van der Waals surface area contributed by atoms with Gasteiger partial charge in [0.25, 0.3) is 0 Å². The van der Waals surface area contributed by atoms with Crippen LogP contribution in [0.5, 0.6) is 0 Å². The van der Waals surface area contributed by atoms with Gasteiger partial charge in [-0.3, -0.25) is 9.59 Å². The number of carbonyl (C=O) groups excluding carboxylic acids is 1. The minimum atomic E-state index is -0.754. The Kier molecular flexibility index (Phi) is 8.11. The smallest absolute Gasteiger partial charge is 0.303 e. The maximum atomic E-state index is 10.7. The SMILES string of the molecule is CC(=O)OC(C)C(C)CC=CCCCC(=O)O. The quantitative estimate of drug-likeness (QED) is 0.404. The van der Waals surface area contributed by atoms with E-state index in [9.17, 15) is 9.59 Å². The van der Waals surface area contributed by atoms with Crippen molar-refractivity contribution in [3.8, 4) is 0 Å². The van der Waals surface area contributed by atoms with Gasteiger partial charge >= 0.3 is 11.9 Å². The molecule has 2 atom stereocenters. The van der Waals surface area contributed by atoms with Crippen molar-refractivity contribution < 1.29 is 19.4 Å². The first kappa shape index (κ1) is 15.7. The second-order valence-corrected chi connectivity index (χ2v) is 4.28. The Labute approximate surface area is 103 Å². The molecule has 0 aromatic carbocycles. The van der Waals surface area contributed by atoms with Crippen LogP contribution in [0, 0.1) is 5.92 Å². The van der Waals surface area contributed by atoms with Gasteiger partial charge in [0.15, 0.2) is 0 Å². The number of hydrogen-bond acceptors (Lipinski definition) is 3. The molecule has 0 saturated carbocycles. The molecule has 4 nitrogen and oxygen atoms in total. The summed E-state index contributed by atoms with van der Waals surface area (Å²) in [6, 6.07) is 0. The molecule has 0 heterocycles. The molecule has 0 aliphatic carbocycles. The second kappa shape index (κ2) is 8.79. The number of allylic oxidation sites excluding steroid dienone is 2. The zero-order chi connectivity index (χ0) is 13.3. The van der Waals surface area contributed by atoms with Crippen LogP contribution in [0.3, 0.4) is 0 Å². The highest BCUT2D eigenvalue weighted by molar-refractivity contribution is 5.66. The lowest BCUT2D eigenvalue weighted by Crippen LogP contribution is -2.20. The molecule has 0 rings (SSSR count). The fraction of sp³-hybridized carbons (Fsp3) is 0.692. The van der Waals surface area contributed by atoms with Crippen LogP contribution in [0.25, 0.3) is 0 Å². The van der Waals surface area contributed by atoms with Crippen LogP contribution in [0.2, 0.25) is 0 Å². The molecule has 98 valence electrons. The van der Waals surface area contributed by atoms with Gasteiger partial charge in [0.05, 0.1) is 0 Å². The molecular formula is C13H22O4. The summed E-state index contributed by atoms with van der Waals surface area (Å²) in [4.78, 5) is 21.0. The fourth-order valence-electron chi connectivity index (χ4n) is 1.37. The zero-order valence-electron chi connectivity index (χ0n) is 10.8. The highest BCUT2D eigenvalue weighted by Crippen LogP contribution is 2.12. The van der Waals surface area contributed by atoms with E-state index in [4.69, 9.17) is 9.84 Å². The Balaban J connectivity index is 3.68. The number of carboxylic acids is 1. The molecule has 0 aromatic heterocycles. The van der Waals surface area contributed by atoms with Crippen molar-refractivity contribution in [2.45, 2.75) is 52.6 Å². The van der Waals surface area contributed by atoms with E-state index in [2.05, 4.69) is 0 Å². The largest absolute Gasteiger partial charge is 0.481 e. The van der Waals surface area contributed by atoms with E-state index in [0.29, 0.717) is 6.42 Å². The number of aliphatic carboxylic acids is 1. The predicted molar refractivity (Wildman–Crippen MR) is 65.6 cm³/mol. The Hall–Kier alpha value is -1.32. The summed E-state index contributed by atoms with van der Waals surface area (Å²) in [5.74, 6) is -0.736. The number of carboxylic acid groups (broad SMARTS) is 1. The molecule has 0 aromatic rings. The van der Waals surface area contributed by atoms with Crippen LogP contribution in [-0.2, 0) is 14.3 Å². The molecule has 4 heteroatoms. The van der Waals surface area contributed by atoms with Gasteiger partial charge in [-0.25, -0.2) is 0 Å². The van der Waals surface area contributed by atoms with E-state index < -0.39 is 5.97 Å². The third-order valence-corrected chi connectivity index (χ3v) is 2.59. The van der Waals surface area contributed by atoms with Crippen molar-refractivity contribution in [3.05, 3.63) is 12.2 Å².